The van der Waals surface area contributed by atoms with Gasteiger partial charge in [0.2, 0.25) is 5.89 Å². The summed E-state index contributed by atoms with van der Waals surface area (Å²) in [7, 11) is 0. The minimum absolute atomic E-state index is 0.0229. The Morgan fingerprint density at radius 3 is 3.00 bits per heavy atom. The molecular formula is C10H7BrClNO2. The fourth-order valence-corrected chi connectivity index (χ4v) is 1.67. The molecule has 0 aliphatic rings. The molecule has 78 valence electrons. The number of alkyl halides is 2. The summed E-state index contributed by atoms with van der Waals surface area (Å²) in [4.78, 5) is 15.5. The number of hydrogen-bond acceptors (Lipinski definition) is 3. The third-order valence-electron chi connectivity index (χ3n) is 1.99. The Morgan fingerprint density at radius 1 is 1.53 bits per heavy atom. The van der Waals surface area contributed by atoms with Crippen LogP contribution in [-0.2, 0) is 5.33 Å². The highest BCUT2D eigenvalue weighted by atomic mass is 79.9. The van der Waals surface area contributed by atoms with Crippen LogP contribution in [0.2, 0.25) is 0 Å². The van der Waals surface area contributed by atoms with E-state index in [-0.39, 0.29) is 11.7 Å². The van der Waals surface area contributed by atoms with Crippen LogP contribution in [0, 0.1) is 0 Å². The van der Waals surface area contributed by atoms with Gasteiger partial charge < -0.3 is 4.42 Å². The number of nitrogens with zero attached hydrogens (tertiary/aromatic N) is 1. The van der Waals surface area contributed by atoms with E-state index in [0.717, 1.165) is 5.52 Å². The third kappa shape index (κ3) is 2.06. The lowest BCUT2D eigenvalue weighted by Crippen LogP contribution is -1.99. The van der Waals surface area contributed by atoms with E-state index in [1.54, 1.807) is 18.2 Å². The maximum absolute atomic E-state index is 11.3. The molecule has 0 saturated carbocycles. The number of rotatable bonds is 3. The van der Waals surface area contributed by atoms with Crippen LogP contribution in [0.3, 0.4) is 0 Å². The van der Waals surface area contributed by atoms with Crippen molar-refractivity contribution >= 4 is 44.4 Å². The minimum Gasteiger partial charge on any atom is -0.440 e. The van der Waals surface area contributed by atoms with Gasteiger partial charge in [-0.05, 0) is 18.2 Å². The molecule has 5 heteroatoms. The first kappa shape index (κ1) is 10.6. The minimum atomic E-state index is -0.115. The molecule has 0 fully saturated rings. The van der Waals surface area contributed by atoms with Crippen molar-refractivity contribution < 1.29 is 9.21 Å². The maximum Gasteiger partial charge on any atom is 0.206 e. The zero-order chi connectivity index (χ0) is 10.8. The molecule has 0 saturated heterocycles. The first-order valence-corrected chi connectivity index (χ1v) is 5.95. The number of hydrogen-bond donors (Lipinski definition) is 0. The molecule has 1 heterocycles. The first-order chi connectivity index (χ1) is 7.24. The average Bonchev–Trinajstić information content (AvgIpc) is 2.69. The van der Waals surface area contributed by atoms with Gasteiger partial charge in [0, 0.05) is 5.56 Å². The molecule has 0 N–H and O–H groups in total. The van der Waals surface area contributed by atoms with E-state index >= 15 is 0 Å². The summed E-state index contributed by atoms with van der Waals surface area (Å²) in [6, 6.07) is 5.12. The molecule has 0 radical (unpaired) electrons. The molecule has 0 spiro atoms. The molecular weight excluding hydrogens is 281 g/mol. The van der Waals surface area contributed by atoms with Gasteiger partial charge in [-0.1, -0.05) is 15.9 Å². The Morgan fingerprint density at radius 2 is 2.33 bits per heavy atom. The van der Waals surface area contributed by atoms with Gasteiger partial charge in [-0.25, -0.2) is 4.98 Å². The predicted octanol–water partition coefficient (Wildman–Crippen LogP) is 3.14. The Bertz CT molecular complexity index is 509. The monoisotopic (exact) mass is 287 g/mol. The smallest absolute Gasteiger partial charge is 0.206 e. The summed E-state index contributed by atoms with van der Waals surface area (Å²) in [5, 5.41) is 0.556. The van der Waals surface area contributed by atoms with Crippen molar-refractivity contribution in [3.05, 3.63) is 29.7 Å². The van der Waals surface area contributed by atoms with Gasteiger partial charge in [-0.2, -0.15) is 0 Å². The topological polar surface area (TPSA) is 43.1 Å². The zero-order valence-electron chi connectivity index (χ0n) is 7.67. The summed E-state index contributed by atoms with van der Waals surface area (Å²) in [5.41, 5.74) is 1.91. The van der Waals surface area contributed by atoms with E-state index in [1.807, 2.05) is 0 Å². The van der Waals surface area contributed by atoms with Crippen LogP contribution in [0.4, 0.5) is 0 Å². The van der Waals surface area contributed by atoms with Gasteiger partial charge in [0.25, 0.3) is 0 Å². The summed E-state index contributed by atoms with van der Waals surface area (Å²) < 4.78 is 5.40. The van der Waals surface area contributed by atoms with Crippen LogP contribution in [0.15, 0.2) is 22.6 Å². The highest BCUT2D eigenvalue weighted by Crippen LogP contribution is 2.19. The van der Waals surface area contributed by atoms with Crippen LogP contribution in [0.25, 0.3) is 11.1 Å². The fourth-order valence-electron chi connectivity index (χ4n) is 1.28. The molecule has 3 nitrogen and oxygen atoms in total. The molecule has 0 amide bonds. The number of carbonyl (C=O) groups excluding carboxylic acids is 1. The highest BCUT2D eigenvalue weighted by Gasteiger charge is 2.09. The molecule has 2 aromatic rings. The van der Waals surface area contributed by atoms with Gasteiger partial charge in [0.05, 0.1) is 11.2 Å². The summed E-state index contributed by atoms with van der Waals surface area (Å²) >= 11 is 8.72. The lowest BCUT2D eigenvalue weighted by molar-refractivity contribution is 0.102. The molecule has 0 aliphatic carbocycles. The highest BCUT2D eigenvalue weighted by molar-refractivity contribution is 9.08. The number of Topliss-reactive ketones (excluding diaryl/α,β-unsaturated/α-hetero) is 1. The number of carbonyl (C=O) groups is 1. The number of benzene rings is 1. The molecule has 15 heavy (non-hydrogen) atoms. The third-order valence-corrected chi connectivity index (χ3v) is 2.71. The number of fused-ring (bicyclic) bond motifs is 1. The lowest BCUT2D eigenvalue weighted by Gasteiger charge is -1.94. The van der Waals surface area contributed by atoms with Gasteiger partial charge in [0.15, 0.2) is 11.4 Å². The van der Waals surface area contributed by atoms with Gasteiger partial charge in [-0.3, -0.25) is 4.79 Å². The maximum atomic E-state index is 11.3. The van der Waals surface area contributed by atoms with Gasteiger partial charge >= 0.3 is 0 Å². The van der Waals surface area contributed by atoms with Gasteiger partial charge in [-0.15, -0.1) is 11.6 Å². The van der Waals surface area contributed by atoms with Gasteiger partial charge in [0.1, 0.15) is 5.52 Å². The largest absolute Gasteiger partial charge is 0.440 e. The SMILES string of the molecule is O=C(CCl)c1ccc2nc(CBr)oc2c1. The second-order valence-corrected chi connectivity index (χ2v) is 3.81. The van der Waals surface area contributed by atoms with Crippen LogP contribution in [0.5, 0.6) is 0 Å². The van der Waals surface area contributed by atoms with E-state index in [9.17, 15) is 4.79 Å². The summed E-state index contributed by atoms with van der Waals surface area (Å²) in [6.07, 6.45) is 0. The van der Waals surface area contributed by atoms with Crippen molar-refractivity contribution in [3.8, 4) is 0 Å². The van der Waals surface area contributed by atoms with Crippen LogP contribution < -0.4 is 0 Å². The Kier molecular flexibility index (Phi) is 3.07. The van der Waals surface area contributed by atoms with E-state index in [0.29, 0.717) is 22.4 Å². The molecule has 0 unspecified atom stereocenters. The normalized spacial score (nSPS) is 10.8. The molecule has 2 rings (SSSR count). The van der Waals surface area contributed by atoms with Crippen LogP contribution >= 0.6 is 27.5 Å². The molecule has 1 aromatic carbocycles. The van der Waals surface area contributed by atoms with Crippen LogP contribution in [-0.4, -0.2) is 16.6 Å². The van der Waals surface area contributed by atoms with E-state index < -0.39 is 0 Å². The summed E-state index contributed by atoms with van der Waals surface area (Å²) in [6.45, 7) is 0. The molecule has 0 atom stereocenters. The van der Waals surface area contributed by atoms with E-state index in [4.69, 9.17) is 16.0 Å². The summed E-state index contributed by atoms with van der Waals surface area (Å²) in [5.74, 6) is 0.459. The van der Waals surface area contributed by atoms with E-state index in [1.165, 1.54) is 0 Å². The first-order valence-electron chi connectivity index (χ1n) is 4.29. The second-order valence-electron chi connectivity index (χ2n) is 2.98. The van der Waals surface area contributed by atoms with Crippen molar-refractivity contribution in [2.75, 3.05) is 5.88 Å². The average molecular weight is 289 g/mol. The number of ketones is 1. The number of oxazole rings is 1. The quantitative estimate of drug-likeness (QED) is 0.644. The Hall–Kier alpha value is -0.870. The van der Waals surface area contributed by atoms with Crippen LogP contribution in [0.1, 0.15) is 16.2 Å². The Labute approximate surface area is 99.6 Å². The van der Waals surface area contributed by atoms with Crippen molar-refractivity contribution in [2.24, 2.45) is 0 Å². The fraction of sp³-hybridized carbons (Fsp3) is 0.200. The van der Waals surface area contributed by atoms with Crippen molar-refractivity contribution in [3.63, 3.8) is 0 Å². The van der Waals surface area contributed by atoms with Crippen molar-refractivity contribution in [1.29, 1.82) is 0 Å². The molecule has 0 aliphatic heterocycles. The Balaban J connectivity index is 2.50. The standard InChI is InChI=1S/C10H7BrClNO2/c11-4-10-13-7-2-1-6(8(14)5-12)3-9(7)15-10/h1-3H,4-5H2. The number of aromatic nitrogens is 1. The van der Waals surface area contributed by atoms with Crippen molar-refractivity contribution in [1.82, 2.24) is 4.98 Å². The number of halogens is 2. The zero-order valence-corrected chi connectivity index (χ0v) is 10.0. The lowest BCUT2D eigenvalue weighted by atomic mass is 10.1. The molecule has 1 aromatic heterocycles. The van der Waals surface area contributed by atoms with E-state index in [2.05, 4.69) is 20.9 Å². The van der Waals surface area contributed by atoms with Crippen molar-refractivity contribution in [2.45, 2.75) is 5.33 Å². The second kappa shape index (κ2) is 4.33. The predicted molar refractivity (Wildman–Crippen MR) is 61.7 cm³/mol. The molecule has 0 bridgehead atoms.